The summed E-state index contributed by atoms with van der Waals surface area (Å²) < 4.78 is 11.7. The number of nitrogens with zero attached hydrogens (tertiary/aromatic N) is 1. The van der Waals surface area contributed by atoms with Crippen molar-refractivity contribution in [2.75, 3.05) is 32.5 Å². The molecule has 1 aliphatic rings. The lowest BCUT2D eigenvalue weighted by molar-refractivity contribution is -1.08. The molecule has 0 amide bonds. The van der Waals surface area contributed by atoms with Gasteiger partial charge in [-0.25, -0.2) is 0 Å². The first-order valence-corrected chi connectivity index (χ1v) is 11.5. The molecule has 6 nitrogen and oxygen atoms in total. The number of aliphatic hydroxyl groups excluding tert-OH is 1. The van der Waals surface area contributed by atoms with Gasteiger partial charge in [-0.05, 0) is 54.8 Å². The molecule has 1 unspecified atom stereocenters. The van der Waals surface area contributed by atoms with Gasteiger partial charge in [-0.15, -0.1) is 4.65 Å². The topological polar surface area (TPSA) is 73.9 Å². The van der Waals surface area contributed by atoms with Crippen LogP contribution < -0.4 is 20.0 Å². The highest BCUT2D eigenvalue weighted by Crippen LogP contribution is 2.37. The largest absolute Gasteiger partial charge is 0.493 e. The van der Waals surface area contributed by atoms with E-state index in [9.17, 15) is 5.11 Å². The molecule has 0 radical (unpaired) electrons. The van der Waals surface area contributed by atoms with E-state index in [0.717, 1.165) is 37.4 Å². The van der Waals surface area contributed by atoms with Gasteiger partial charge < -0.3 is 25.2 Å². The Hall–Kier alpha value is -3.22. The van der Waals surface area contributed by atoms with Gasteiger partial charge >= 0.3 is 0 Å². The number of methoxy groups -OCH3 is 1. The van der Waals surface area contributed by atoms with Gasteiger partial charge in [0.15, 0.2) is 5.75 Å². The lowest BCUT2D eigenvalue weighted by atomic mass is 9.89. The van der Waals surface area contributed by atoms with Gasteiger partial charge in [-0.2, -0.15) is 0 Å². The second-order valence-corrected chi connectivity index (χ2v) is 8.80. The minimum atomic E-state index is -0.483. The van der Waals surface area contributed by atoms with Gasteiger partial charge in [0.2, 0.25) is 5.75 Å². The van der Waals surface area contributed by atoms with Crippen LogP contribution in [0, 0.1) is 0 Å². The van der Waals surface area contributed by atoms with Gasteiger partial charge in [0.25, 0.3) is 0 Å². The maximum atomic E-state index is 10.2. The minimum Gasteiger partial charge on any atom is -0.493 e. The van der Waals surface area contributed by atoms with E-state index in [1.807, 2.05) is 48.5 Å². The Labute approximate surface area is 195 Å². The summed E-state index contributed by atoms with van der Waals surface area (Å²) in [5.41, 5.74) is 7.91. The van der Waals surface area contributed by atoms with Crippen molar-refractivity contribution in [2.45, 2.75) is 31.8 Å². The van der Waals surface area contributed by atoms with Crippen molar-refractivity contribution in [1.29, 1.82) is 0 Å². The van der Waals surface area contributed by atoms with Crippen molar-refractivity contribution in [3.05, 3.63) is 78.4 Å². The first-order valence-electron chi connectivity index (χ1n) is 11.5. The van der Waals surface area contributed by atoms with E-state index in [1.165, 1.54) is 5.56 Å². The molecule has 0 saturated carbocycles. The fraction of sp³-hybridized carbons (Fsp3) is 0.333. The number of rotatable bonds is 8. The first kappa shape index (κ1) is 23.0. The van der Waals surface area contributed by atoms with Crippen LogP contribution in [-0.2, 0) is 0 Å². The van der Waals surface area contributed by atoms with Crippen LogP contribution in [0.2, 0.25) is 0 Å². The molecule has 3 aromatic carbocycles. The van der Waals surface area contributed by atoms with Gasteiger partial charge in [-0.3, -0.25) is 0 Å². The van der Waals surface area contributed by atoms with Gasteiger partial charge in [0.1, 0.15) is 37.2 Å². The molecular formula is C27H33N2O4+. The van der Waals surface area contributed by atoms with Crippen molar-refractivity contribution in [3.8, 4) is 23.0 Å². The van der Waals surface area contributed by atoms with Crippen molar-refractivity contribution >= 4 is 5.69 Å². The zero-order valence-corrected chi connectivity index (χ0v) is 19.3. The van der Waals surface area contributed by atoms with E-state index >= 15 is 0 Å². The Morgan fingerprint density at radius 1 is 0.939 bits per heavy atom. The molecule has 4 rings (SSSR count). The Morgan fingerprint density at radius 2 is 1.61 bits per heavy atom. The van der Waals surface area contributed by atoms with Crippen molar-refractivity contribution < 1.29 is 24.1 Å². The normalized spacial score (nSPS) is 21.2. The highest BCUT2D eigenvalue weighted by atomic mass is 16.7. The van der Waals surface area contributed by atoms with Crippen LogP contribution in [0.15, 0.2) is 72.8 Å². The third-order valence-corrected chi connectivity index (χ3v) is 6.18. The number of hydrogen-bond donors (Lipinski definition) is 2. The summed E-state index contributed by atoms with van der Waals surface area (Å²) in [7, 11) is 1.62. The maximum absolute atomic E-state index is 10.2. The van der Waals surface area contributed by atoms with Crippen LogP contribution in [0.5, 0.6) is 23.0 Å². The summed E-state index contributed by atoms with van der Waals surface area (Å²) in [4.78, 5) is 6.48. The monoisotopic (exact) mass is 449 g/mol. The predicted octanol–water partition coefficient (Wildman–Crippen LogP) is 5.14. The number of hydroxylamine groups is 3. The van der Waals surface area contributed by atoms with Crippen LogP contribution in [0.1, 0.15) is 31.2 Å². The molecule has 174 valence electrons. The highest BCUT2D eigenvalue weighted by molar-refractivity contribution is 5.51. The number of nitrogens with two attached hydrogens (primary N) is 1. The standard InChI is InChI=1S/C27H33N2O4/c1-20(30)19-29(33-27-18-23(28)10-13-26(27)31-2)16-14-22(15-17-29)21-8-11-25(12-9-21)32-24-6-4-3-5-7-24/h3-13,18,20,22,30H,14-17,19,28H2,1-2H3/q+1. The van der Waals surface area contributed by atoms with Crippen LogP contribution in [0.4, 0.5) is 5.69 Å². The van der Waals surface area contributed by atoms with E-state index in [2.05, 4.69) is 12.1 Å². The van der Waals surface area contributed by atoms with Crippen LogP contribution in [0.3, 0.4) is 0 Å². The van der Waals surface area contributed by atoms with Crippen molar-refractivity contribution in [1.82, 2.24) is 0 Å². The summed E-state index contributed by atoms with van der Waals surface area (Å²) in [6, 6.07) is 23.6. The Balaban J connectivity index is 1.45. The first-order chi connectivity index (χ1) is 16.0. The molecule has 0 bridgehead atoms. The summed E-state index contributed by atoms with van der Waals surface area (Å²) in [5, 5.41) is 10.2. The number of para-hydroxylation sites is 1. The fourth-order valence-corrected chi connectivity index (χ4v) is 4.57. The smallest absolute Gasteiger partial charge is 0.233 e. The summed E-state index contributed by atoms with van der Waals surface area (Å²) >= 11 is 0. The maximum Gasteiger partial charge on any atom is 0.233 e. The fourth-order valence-electron chi connectivity index (χ4n) is 4.57. The molecule has 0 aromatic heterocycles. The van der Waals surface area contributed by atoms with E-state index < -0.39 is 6.10 Å². The van der Waals surface area contributed by atoms with Gasteiger partial charge in [0, 0.05) is 24.6 Å². The second kappa shape index (κ2) is 10.1. The quantitative estimate of drug-likeness (QED) is 0.368. The SMILES string of the molecule is COc1ccc(N)cc1O[N+]1(CC(C)O)CCC(c2ccc(Oc3ccccc3)cc2)CC1. The number of benzene rings is 3. The number of anilines is 1. The number of quaternary nitrogens is 1. The third-order valence-electron chi connectivity index (χ3n) is 6.18. The lowest BCUT2D eigenvalue weighted by Crippen LogP contribution is -2.58. The number of hydrogen-bond acceptors (Lipinski definition) is 5. The summed E-state index contributed by atoms with van der Waals surface area (Å²) in [6.45, 7) is 3.89. The molecule has 1 heterocycles. The van der Waals surface area contributed by atoms with Crippen molar-refractivity contribution in [3.63, 3.8) is 0 Å². The number of aliphatic hydroxyl groups is 1. The minimum absolute atomic E-state index is 0.350. The van der Waals surface area contributed by atoms with E-state index in [-0.39, 0.29) is 0 Å². The molecule has 1 saturated heterocycles. The van der Waals surface area contributed by atoms with Crippen LogP contribution >= 0.6 is 0 Å². The van der Waals surface area contributed by atoms with Crippen LogP contribution in [-0.4, -0.2) is 42.6 Å². The van der Waals surface area contributed by atoms with Gasteiger partial charge in [-0.1, -0.05) is 30.3 Å². The Kier molecular flexibility index (Phi) is 7.06. The highest BCUT2D eigenvalue weighted by Gasteiger charge is 2.39. The number of likely N-dealkylation sites (tertiary alicyclic amines) is 1. The lowest BCUT2D eigenvalue weighted by Gasteiger charge is -2.41. The Morgan fingerprint density at radius 3 is 2.24 bits per heavy atom. The zero-order chi connectivity index (χ0) is 23.3. The molecule has 6 heteroatoms. The molecule has 3 N–H and O–H groups in total. The molecule has 3 aromatic rings. The number of piperidine rings is 1. The molecule has 1 atom stereocenters. The van der Waals surface area contributed by atoms with Crippen molar-refractivity contribution in [2.24, 2.45) is 0 Å². The number of nitrogen functional groups attached to an aromatic ring is 1. The molecular weight excluding hydrogens is 416 g/mol. The molecule has 1 aliphatic heterocycles. The Bertz CT molecular complexity index is 1030. The predicted molar refractivity (Wildman–Crippen MR) is 130 cm³/mol. The van der Waals surface area contributed by atoms with E-state index in [4.69, 9.17) is 20.0 Å². The molecule has 1 fully saturated rings. The van der Waals surface area contributed by atoms with Crippen LogP contribution in [0.25, 0.3) is 0 Å². The second-order valence-electron chi connectivity index (χ2n) is 8.80. The number of ether oxygens (including phenoxy) is 2. The molecule has 33 heavy (non-hydrogen) atoms. The summed E-state index contributed by atoms with van der Waals surface area (Å²) in [5.74, 6) is 3.35. The van der Waals surface area contributed by atoms with E-state index in [0.29, 0.717) is 34.3 Å². The molecule has 0 aliphatic carbocycles. The third kappa shape index (κ3) is 5.78. The molecule has 0 spiro atoms. The summed E-state index contributed by atoms with van der Waals surface area (Å²) in [6.07, 6.45) is 1.43. The van der Waals surface area contributed by atoms with E-state index in [1.54, 1.807) is 26.2 Å². The average molecular weight is 450 g/mol. The van der Waals surface area contributed by atoms with Gasteiger partial charge in [0.05, 0.1) is 7.11 Å². The zero-order valence-electron chi connectivity index (χ0n) is 19.3. The average Bonchev–Trinajstić information content (AvgIpc) is 2.81.